The summed E-state index contributed by atoms with van der Waals surface area (Å²) < 4.78 is 0. The first kappa shape index (κ1) is 13.2. The molecule has 0 amide bonds. The Morgan fingerprint density at radius 3 is 1.86 bits per heavy atom. The molecular weight excluding hydrogens is 210 g/mol. The standard InChI is InChI=1S/C8H14ClNO4/c1-3-7(11)13-10(6-5-9)14-8(12)4-2/h3-6H2,1-2H3. The predicted octanol–water partition coefficient (Wildman–Crippen LogP) is 1.26. The zero-order valence-electron chi connectivity index (χ0n) is 8.29. The molecule has 0 rings (SSSR count). The van der Waals surface area contributed by atoms with Crippen LogP contribution in [0.4, 0.5) is 0 Å². The molecule has 0 saturated carbocycles. The number of alkyl halides is 1. The van der Waals surface area contributed by atoms with Gasteiger partial charge in [0.1, 0.15) is 0 Å². The molecule has 6 heteroatoms. The van der Waals surface area contributed by atoms with E-state index in [2.05, 4.69) is 9.68 Å². The maximum atomic E-state index is 10.9. The van der Waals surface area contributed by atoms with Crippen LogP contribution < -0.4 is 0 Å². The van der Waals surface area contributed by atoms with E-state index in [0.717, 1.165) is 5.23 Å². The summed E-state index contributed by atoms with van der Waals surface area (Å²) >= 11 is 5.43. The van der Waals surface area contributed by atoms with Crippen molar-refractivity contribution in [2.45, 2.75) is 26.7 Å². The highest BCUT2D eigenvalue weighted by atomic mass is 35.5. The van der Waals surface area contributed by atoms with Crippen LogP contribution in [0.5, 0.6) is 0 Å². The zero-order valence-corrected chi connectivity index (χ0v) is 9.04. The van der Waals surface area contributed by atoms with Crippen molar-refractivity contribution in [1.82, 2.24) is 5.23 Å². The molecule has 82 valence electrons. The van der Waals surface area contributed by atoms with E-state index in [1.165, 1.54) is 0 Å². The van der Waals surface area contributed by atoms with Gasteiger partial charge in [0.2, 0.25) is 0 Å². The van der Waals surface area contributed by atoms with Crippen LogP contribution in [0, 0.1) is 0 Å². The van der Waals surface area contributed by atoms with Crippen LogP contribution in [0.3, 0.4) is 0 Å². The third-order valence-corrected chi connectivity index (χ3v) is 1.42. The molecule has 0 spiro atoms. The van der Waals surface area contributed by atoms with E-state index >= 15 is 0 Å². The summed E-state index contributed by atoms with van der Waals surface area (Å²) in [5, 5.41) is 0.810. The minimum absolute atomic E-state index is 0.152. The maximum Gasteiger partial charge on any atom is 0.328 e. The number of hydrogen-bond donors (Lipinski definition) is 0. The van der Waals surface area contributed by atoms with Gasteiger partial charge in [-0.2, -0.15) is 0 Å². The van der Waals surface area contributed by atoms with Gasteiger partial charge in [-0.25, -0.2) is 0 Å². The Kier molecular flexibility index (Phi) is 7.14. The van der Waals surface area contributed by atoms with Crippen molar-refractivity contribution in [1.29, 1.82) is 0 Å². The van der Waals surface area contributed by atoms with E-state index in [9.17, 15) is 9.59 Å². The van der Waals surface area contributed by atoms with Gasteiger partial charge < -0.3 is 9.68 Å². The van der Waals surface area contributed by atoms with E-state index < -0.39 is 11.9 Å². The molecule has 0 heterocycles. The summed E-state index contributed by atoms with van der Waals surface area (Å²) in [6, 6.07) is 0. The molecule has 0 unspecified atom stereocenters. The smallest absolute Gasteiger partial charge is 0.328 e. The van der Waals surface area contributed by atoms with Gasteiger partial charge in [0, 0.05) is 23.9 Å². The van der Waals surface area contributed by atoms with Crippen molar-refractivity contribution in [2.75, 3.05) is 12.4 Å². The van der Waals surface area contributed by atoms with Crippen molar-refractivity contribution in [3.8, 4) is 0 Å². The first-order valence-corrected chi connectivity index (χ1v) is 4.92. The Morgan fingerprint density at radius 2 is 1.57 bits per heavy atom. The summed E-state index contributed by atoms with van der Waals surface area (Å²) in [7, 11) is 0. The molecule has 0 bridgehead atoms. The van der Waals surface area contributed by atoms with Crippen molar-refractivity contribution < 1.29 is 19.3 Å². The molecule has 0 saturated heterocycles. The molecule has 0 atom stereocenters. The fourth-order valence-corrected chi connectivity index (χ4v) is 0.673. The number of hydrogen-bond acceptors (Lipinski definition) is 5. The first-order chi connectivity index (χ1) is 6.63. The van der Waals surface area contributed by atoms with Crippen LogP contribution >= 0.6 is 11.6 Å². The second kappa shape index (κ2) is 7.58. The van der Waals surface area contributed by atoms with Gasteiger partial charge >= 0.3 is 11.9 Å². The number of halogens is 1. The Hall–Kier alpha value is -0.810. The van der Waals surface area contributed by atoms with E-state index in [4.69, 9.17) is 11.6 Å². The van der Waals surface area contributed by atoms with Crippen molar-refractivity contribution in [3.63, 3.8) is 0 Å². The van der Waals surface area contributed by atoms with Gasteiger partial charge in [0.15, 0.2) is 0 Å². The molecule has 0 radical (unpaired) electrons. The lowest BCUT2D eigenvalue weighted by Crippen LogP contribution is -2.31. The largest absolute Gasteiger partial charge is 0.333 e. The Morgan fingerprint density at radius 1 is 1.14 bits per heavy atom. The van der Waals surface area contributed by atoms with Crippen molar-refractivity contribution >= 4 is 23.5 Å². The molecule has 0 aromatic carbocycles. The molecule has 14 heavy (non-hydrogen) atoms. The fraction of sp³-hybridized carbons (Fsp3) is 0.750. The van der Waals surface area contributed by atoms with Gasteiger partial charge in [0.05, 0.1) is 6.54 Å². The lowest BCUT2D eigenvalue weighted by molar-refractivity contribution is -0.322. The van der Waals surface area contributed by atoms with Crippen LogP contribution in [0.2, 0.25) is 0 Å². The van der Waals surface area contributed by atoms with Crippen LogP contribution in [-0.4, -0.2) is 29.6 Å². The SMILES string of the molecule is CCC(=O)ON(CCCl)OC(=O)CC. The van der Waals surface area contributed by atoms with Crippen LogP contribution in [0.25, 0.3) is 0 Å². The van der Waals surface area contributed by atoms with Gasteiger partial charge in [0.25, 0.3) is 0 Å². The van der Waals surface area contributed by atoms with E-state index in [0.29, 0.717) is 0 Å². The summed E-state index contributed by atoms with van der Waals surface area (Å²) in [5.41, 5.74) is 0. The average Bonchev–Trinajstić information content (AvgIpc) is 2.17. The lowest BCUT2D eigenvalue weighted by atomic mass is 10.5. The maximum absolute atomic E-state index is 10.9. The van der Waals surface area contributed by atoms with Gasteiger partial charge in [-0.1, -0.05) is 13.8 Å². The van der Waals surface area contributed by atoms with Gasteiger partial charge in [-0.3, -0.25) is 9.59 Å². The number of nitrogens with zero attached hydrogens (tertiary/aromatic N) is 1. The normalized spacial score (nSPS) is 10.0. The Balaban J connectivity index is 4.00. The molecule has 0 fully saturated rings. The number of rotatable bonds is 6. The number of carbonyl (C=O) groups excluding carboxylic acids is 2. The summed E-state index contributed by atoms with van der Waals surface area (Å²) in [6.07, 6.45) is 0.422. The van der Waals surface area contributed by atoms with E-state index in [1.807, 2.05) is 0 Å². The molecule has 0 aromatic heterocycles. The molecular formula is C8H14ClNO4. The summed E-state index contributed by atoms with van der Waals surface area (Å²) in [5.74, 6) is -0.744. The molecule has 0 aliphatic rings. The summed E-state index contributed by atoms with van der Waals surface area (Å²) in [4.78, 5) is 31.1. The number of carbonyl (C=O) groups is 2. The molecule has 0 N–H and O–H groups in total. The first-order valence-electron chi connectivity index (χ1n) is 4.39. The minimum Gasteiger partial charge on any atom is -0.333 e. The van der Waals surface area contributed by atoms with Crippen LogP contribution in [-0.2, 0) is 19.3 Å². The molecule has 0 aliphatic heterocycles. The fourth-order valence-electron chi connectivity index (χ4n) is 0.535. The third kappa shape index (κ3) is 5.77. The molecule has 5 nitrogen and oxygen atoms in total. The highest BCUT2D eigenvalue weighted by molar-refractivity contribution is 6.18. The second-order valence-corrected chi connectivity index (χ2v) is 2.76. The molecule has 0 aliphatic carbocycles. The quantitative estimate of drug-likeness (QED) is 0.501. The summed E-state index contributed by atoms with van der Waals surface area (Å²) in [6.45, 7) is 3.44. The monoisotopic (exact) mass is 223 g/mol. The lowest BCUT2D eigenvalue weighted by Gasteiger charge is -2.17. The van der Waals surface area contributed by atoms with Gasteiger partial charge in [-0.15, -0.1) is 11.6 Å². The average molecular weight is 224 g/mol. The Labute approximate surface area is 87.8 Å². The van der Waals surface area contributed by atoms with E-state index in [-0.39, 0.29) is 25.3 Å². The highest BCUT2D eigenvalue weighted by Gasteiger charge is 2.14. The van der Waals surface area contributed by atoms with Crippen LogP contribution in [0.15, 0.2) is 0 Å². The van der Waals surface area contributed by atoms with Crippen LogP contribution in [0.1, 0.15) is 26.7 Å². The predicted molar refractivity (Wildman–Crippen MR) is 50.2 cm³/mol. The highest BCUT2D eigenvalue weighted by Crippen LogP contribution is 1.98. The van der Waals surface area contributed by atoms with Gasteiger partial charge in [-0.05, 0) is 0 Å². The zero-order chi connectivity index (χ0) is 11.0. The number of hydroxylamine groups is 2. The minimum atomic E-state index is -0.473. The van der Waals surface area contributed by atoms with Crippen molar-refractivity contribution in [2.24, 2.45) is 0 Å². The third-order valence-electron chi connectivity index (χ3n) is 1.25. The molecule has 0 aromatic rings. The Bertz CT molecular complexity index is 180. The van der Waals surface area contributed by atoms with Crippen molar-refractivity contribution in [3.05, 3.63) is 0 Å². The topological polar surface area (TPSA) is 55.8 Å². The second-order valence-electron chi connectivity index (χ2n) is 2.38. The van der Waals surface area contributed by atoms with E-state index in [1.54, 1.807) is 13.8 Å².